The molecule has 2 fully saturated rings. The lowest BCUT2D eigenvalue weighted by molar-refractivity contribution is -0.164. The van der Waals surface area contributed by atoms with Gasteiger partial charge in [-0.15, -0.1) is 0 Å². The number of nitrogens with zero attached hydrogens (tertiary/aromatic N) is 1. The normalized spacial score (nSPS) is 40.8. The first kappa shape index (κ1) is 19.0. The van der Waals surface area contributed by atoms with Crippen molar-refractivity contribution in [3.63, 3.8) is 0 Å². The molecule has 2 saturated carbocycles. The lowest BCUT2D eigenvalue weighted by Crippen LogP contribution is -2.58. The summed E-state index contributed by atoms with van der Waals surface area (Å²) in [6.07, 6.45) is 7.57. The predicted molar refractivity (Wildman–Crippen MR) is 110 cm³/mol. The summed E-state index contributed by atoms with van der Waals surface area (Å²) in [7, 11) is 0. The van der Waals surface area contributed by atoms with E-state index in [9.17, 15) is 5.11 Å². The van der Waals surface area contributed by atoms with E-state index < -0.39 is 5.60 Å². The van der Waals surface area contributed by atoms with E-state index in [-0.39, 0.29) is 17.4 Å². The molecule has 0 aromatic heterocycles. The van der Waals surface area contributed by atoms with E-state index in [0.717, 1.165) is 31.4 Å². The van der Waals surface area contributed by atoms with E-state index in [1.807, 2.05) is 6.07 Å². The van der Waals surface area contributed by atoms with Crippen LogP contribution in [-0.2, 0) is 4.84 Å². The molecule has 27 heavy (non-hydrogen) atoms. The summed E-state index contributed by atoms with van der Waals surface area (Å²) in [5, 5.41) is 15.8. The van der Waals surface area contributed by atoms with Crippen LogP contribution in [0.25, 0.3) is 0 Å². The standard InChI is InChI=1S/C24H35NO2/c1-22(2)12-8-13-23(3)20(22)11-14-24(4,26)21(23)16-18-15-19(27-25-18)17-9-6-5-7-10-17/h5-7,9-10,19-21,26H,8,11-16H2,1-4H3/t19?,20-,21+,23-,24+/m0/s1. The highest BCUT2D eigenvalue weighted by molar-refractivity contribution is 5.86. The average molecular weight is 370 g/mol. The SMILES string of the molecule is CC1(C)CCC[C@]2(C)[C@@H](CC3=NOC(c4ccccc4)C3)[C@](C)(O)CC[C@@H]12. The smallest absolute Gasteiger partial charge is 0.157 e. The van der Waals surface area contributed by atoms with E-state index >= 15 is 0 Å². The fourth-order valence-corrected chi connectivity index (χ4v) is 6.71. The van der Waals surface area contributed by atoms with Gasteiger partial charge in [0, 0.05) is 6.42 Å². The second-order valence-corrected chi connectivity index (χ2v) is 10.4. The number of fused-ring (bicyclic) bond motifs is 1. The Bertz CT molecular complexity index is 708. The summed E-state index contributed by atoms with van der Waals surface area (Å²) in [4.78, 5) is 5.78. The second-order valence-electron chi connectivity index (χ2n) is 10.4. The molecule has 1 heterocycles. The van der Waals surface area contributed by atoms with Crippen molar-refractivity contribution in [1.82, 2.24) is 0 Å². The van der Waals surface area contributed by atoms with Crippen LogP contribution in [0, 0.1) is 22.7 Å². The average Bonchev–Trinajstić information content (AvgIpc) is 3.07. The zero-order chi connectivity index (χ0) is 19.3. The van der Waals surface area contributed by atoms with Crippen LogP contribution in [0.2, 0.25) is 0 Å². The van der Waals surface area contributed by atoms with Crippen LogP contribution in [0.15, 0.2) is 35.5 Å². The third-order valence-corrected chi connectivity index (χ3v) is 8.10. The fraction of sp³-hybridized carbons (Fsp3) is 0.708. The predicted octanol–water partition coefficient (Wildman–Crippen LogP) is 5.89. The van der Waals surface area contributed by atoms with Gasteiger partial charge in [0.05, 0.1) is 11.3 Å². The van der Waals surface area contributed by atoms with Crippen molar-refractivity contribution in [2.75, 3.05) is 0 Å². The van der Waals surface area contributed by atoms with E-state index in [1.54, 1.807) is 0 Å². The minimum atomic E-state index is -0.619. The van der Waals surface area contributed by atoms with Crippen molar-refractivity contribution in [2.45, 2.75) is 84.3 Å². The molecule has 3 heteroatoms. The van der Waals surface area contributed by atoms with Crippen molar-refractivity contribution in [3.8, 4) is 0 Å². The van der Waals surface area contributed by atoms with Crippen molar-refractivity contribution in [3.05, 3.63) is 35.9 Å². The Morgan fingerprint density at radius 3 is 2.56 bits per heavy atom. The van der Waals surface area contributed by atoms with E-state index in [1.165, 1.54) is 24.8 Å². The summed E-state index contributed by atoms with van der Waals surface area (Å²) >= 11 is 0. The number of rotatable bonds is 3. The van der Waals surface area contributed by atoms with Crippen LogP contribution in [0.5, 0.6) is 0 Å². The molecule has 3 nitrogen and oxygen atoms in total. The van der Waals surface area contributed by atoms with Gasteiger partial charge in [0.1, 0.15) is 0 Å². The zero-order valence-electron chi connectivity index (χ0n) is 17.4. The summed E-state index contributed by atoms with van der Waals surface area (Å²) in [6.45, 7) is 9.38. The van der Waals surface area contributed by atoms with Gasteiger partial charge in [0.15, 0.2) is 6.10 Å². The van der Waals surface area contributed by atoms with Gasteiger partial charge in [0.2, 0.25) is 0 Å². The first-order valence-corrected chi connectivity index (χ1v) is 10.7. The maximum atomic E-state index is 11.4. The Kier molecular flexibility index (Phi) is 4.65. The highest BCUT2D eigenvalue weighted by Crippen LogP contribution is 2.63. The van der Waals surface area contributed by atoms with Gasteiger partial charge in [-0.2, -0.15) is 0 Å². The molecule has 5 atom stereocenters. The molecule has 3 aliphatic rings. The highest BCUT2D eigenvalue weighted by Gasteiger charge is 2.58. The molecule has 148 valence electrons. The Balaban J connectivity index is 1.54. The zero-order valence-corrected chi connectivity index (χ0v) is 17.4. The monoisotopic (exact) mass is 369 g/mol. The number of hydrogen-bond acceptors (Lipinski definition) is 3. The van der Waals surface area contributed by atoms with E-state index in [4.69, 9.17) is 4.84 Å². The van der Waals surface area contributed by atoms with Crippen LogP contribution in [0.1, 0.15) is 84.3 Å². The maximum absolute atomic E-state index is 11.4. The van der Waals surface area contributed by atoms with Gasteiger partial charge < -0.3 is 9.94 Å². The van der Waals surface area contributed by atoms with Gasteiger partial charge in [-0.3, -0.25) is 0 Å². The first-order chi connectivity index (χ1) is 12.7. The summed E-state index contributed by atoms with van der Waals surface area (Å²) in [5.41, 5.74) is 2.24. The second kappa shape index (κ2) is 6.62. The lowest BCUT2D eigenvalue weighted by Gasteiger charge is -2.61. The van der Waals surface area contributed by atoms with Gasteiger partial charge in [0.25, 0.3) is 0 Å². The highest BCUT2D eigenvalue weighted by atomic mass is 16.6. The van der Waals surface area contributed by atoms with Crippen LogP contribution >= 0.6 is 0 Å². The van der Waals surface area contributed by atoms with Crippen molar-refractivity contribution in [2.24, 2.45) is 27.8 Å². The van der Waals surface area contributed by atoms with Crippen LogP contribution in [-0.4, -0.2) is 16.4 Å². The molecule has 1 aliphatic heterocycles. The Hall–Kier alpha value is -1.35. The Labute approximate surface area is 164 Å². The van der Waals surface area contributed by atoms with E-state index in [0.29, 0.717) is 11.3 Å². The van der Waals surface area contributed by atoms with E-state index in [2.05, 4.69) is 57.1 Å². The third-order valence-electron chi connectivity index (χ3n) is 8.10. The number of oxime groups is 1. The summed E-state index contributed by atoms with van der Waals surface area (Å²) < 4.78 is 0. The maximum Gasteiger partial charge on any atom is 0.157 e. The number of hydrogen-bond donors (Lipinski definition) is 1. The summed E-state index contributed by atoms with van der Waals surface area (Å²) in [5.74, 6) is 0.928. The molecule has 1 aromatic rings. The molecule has 0 bridgehead atoms. The lowest BCUT2D eigenvalue weighted by atomic mass is 9.45. The van der Waals surface area contributed by atoms with Gasteiger partial charge in [-0.1, -0.05) is 62.7 Å². The Morgan fingerprint density at radius 1 is 1.07 bits per heavy atom. The van der Waals surface area contributed by atoms with Crippen molar-refractivity contribution < 1.29 is 9.94 Å². The molecule has 4 rings (SSSR count). The minimum Gasteiger partial charge on any atom is -0.390 e. The van der Waals surface area contributed by atoms with Gasteiger partial charge in [-0.25, -0.2) is 0 Å². The quantitative estimate of drug-likeness (QED) is 0.722. The van der Waals surface area contributed by atoms with Crippen LogP contribution in [0.4, 0.5) is 0 Å². The molecule has 0 saturated heterocycles. The number of benzene rings is 1. The minimum absolute atomic E-state index is 0.0288. The molecule has 1 N–H and O–H groups in total. The van der Waals surface area contributed by atoms with Crippen LogP contribution < -0.4 is 0 Å². The van der Waals surface area contributed by atoms with Gasteiger partial charge >= 0.3 is 0 Å². The molecule has 2 aliphatic carbocycles. The first-order valence-electron chi connectivity index (χ1n) is 10.7. The topological polar surface area (TPSA) is 41.8 Å². The van der Waals surface area contributed by atoms with Crippen molar-refractivity contribution >= 4 is 5.71 Å². The molecular formula is C24H35NO2. The largest absolute Gasteiger partial charge is 0.390 e. The van der Waals surface area contributed by atoms with Gasteiger partial charge in [-0.05, 0) is 67.3 Å². The van der Waals surface area contributed by atoms with Crippen LogP contribution in [0.3, 0.4) is 0 Å². The fourth-order valence-electron chi connectivity index (χ4n) is 6.71. The Morgan fingerprint density at radius 2 is 1.81 bits per heavy atom. The molecular weight excluding hydrogens is 334 g/mol. The number of aliphatic hydroxyl groups is 1. The molecule has 0 amide bonds. The summed E-state index contributed by atoms with van der Waals surface area (Å²) in [6, 6.07) is 10.4. The third kappa shape index (κ3) is 3.33. The molecule has 0 spiro atoms. The van der Waals surface area contributed by atoms with Crippen molar-refractivity contribution in [1.29, 1.82) is 0 Å². The molecule has 1 aromatic carbocycles. The molecule has 0 radical (unpaired) electrons. The molecule has 1 unspecified atom stereocenters.